The largest absolute Gasteiger partial charge is 0.443 e. The smallest absolute Gasteiger partial charge is 0.419 e. The quantitative estimate of drug-likeness (QED) is 0.608. The SMILES string of the molecule is CC(C)(C)OC(=O)n1cc(-c2ccc3c(c2)C(C2CC2)NS3(=O)=O)c2ccc(F)cc21. The topological polar surface area (TPSA) is 77.4 Å². The van der Waals surface area contributed by atoms with E-state index in [-0.39, 0.29) is 6.04 Å². The summed E-state index contributed by atoms with van der Waals surface area (Å²) >= 11 is 0. The fraction of sp³-hybridized carbons (Fsp3) is 0.348. The molecule has 2 aliphatic rings. The molecule has 1 unspecified atom stereocenters. The average molecular weight is 443 g/mol. The van der Waals surface area contributed by atoms with E-state index in [1.807, 2.05) is 6.07 Å². The first-order valence-electron chi connectivity index (χ1n) is 10.2. The predicted octanol–water partition coefficient (Wildman–Crippen LogP) is 4.97. The van der Waals surface area contributed by atoms with Gasteiger partial charge in [0.15, 0.2) is 0 Å². The molecule has 0 saturated heterocycles. The molecule has 0 amide bonds. The lowest BCUT2D eigenvalue weighted by Crippen LogP contribution is -2.26. The van der Waals surface area contributed by atoms with E-state index in [0.717, 1.165) is 24.0 Å². The van der Waals surface area contributed by atoms with Crippen LogP contribution in [0.25, 0.3) is 22.0 Å². The number of hydrogen-bond acceptors (Lipinski definition) is 4. The van der Waals surface area contributed by atoms with Crippen LogP contribution in [-0.2, 0) is 14.8 Å². The van der Waals surface area contributed by atoms with Crippen molar-refractivity contribution in [2.75, 3.05) is 0 Å². The number of hydrogen-bond donors (Lipinski definition) is 1. The molecule has 6 nitrogen and oxygen atoms in total. The lowest BCUT2D eigenvalue weighted by molar-refractivity contribution is 0.0544. The van der Waals surface area contributed by atoms with Gasteiger partial charge in [0.25, 0.3) is 0 Å². The van der Waals surface area contributed by atoms with E-state index in [1.165, 1.54) is 16.7 Å². The van der Waals surface area contributed by atoms with E-state index in [9.17, 15) is 17.6 Å². The maximum atomic E-state index is 14.0. The monoisotopic (exact) mass is 442 g/mol. The summed E-state index contributed by atoms with van der Waals surface area (Å²) in [6.45, 7) is 5.30. The van der Waals surface area contributed by atoms with E-state index in [1.54, 1.807) is 45.2 Å². The number of nitrogens with zero attached hydrogens (tertiary/aromatic N) is 1. The molecule has 1 aliphatic carbocycles. The number of carbonyl (C=O) groups is 1. The van der Waals surface area contributed by atoms with Crippen LogP contribution in [0.15, 0.2) is 47.5 Å². The molecule has 1 N–H and O–H groups in total. The van der Waals surface area contributed by atoms with Gasteiger partial charge >= 0.3 is 6.09 Å². The second-order valence-electron chi connectivity index (χ2n) is 9.24. The Morgan fingerprint density at radius 1 is 1.16 bits per heavy atom. The summed E-state index contributed by atoms with van der Waals surface area (Å²) in [6.07, 6.45) is 3.01. The summed E-state index contributed by atoms with van der Waals surface area (Å²) in [5.41, 5.74) is 1.92. The standard InChI is InChI=1S/C23H23FN2O4S/c1-23(2,3)30-22(27)26-12-18(16-8-7-15(24)11-19(16)26)14-6-9-20-17(10-14)21(13-4-5-13)25-31(20,28)29/h6-13,21,25H,4-5H2,1-3H3. The zero-order chi connectivity index (χ0) is 22.1. The van der Waals surface area contributed by atoms with Crippen molar-refractivity contribution in [1.82, 2.24) is 9.29 Å². The van der Waals surface area contributed by atoms with Crippen LogP contribution in [0.5, 0.6) is 0 Å². The maximum Gasteiger partial charge on any atom is 0.419 e. The molecule has 3 aromatic rings. The highest BCUT2D eigenvalue weighted by atomic mass is 32.2. The van der Waals surface area contributed by atoms with Gasteiger partial charge in [-0.25, -0.2) is 22.3 Å². The molecule has 31 heavy (non-hydrogen) atoms. The lowest BCUT2D eigenvalue weighted by atomic mass is 9.97. The highest BCUT2D eigenvalue weighted by Crippen LogP contribution is 2.47. The molecule has 2 heterocycles. The summed E-state index contributed by atoms with van der Waals surface area (Å²) in [6, 6.07) is 9.25. The Balaban J connectivity index is 1.66. The number of aromatic nitrogens is 1. The van der Waals surface area contributed by atoms with Gasteiger partial charge in [-0.05, 0) is 81.0 Å². The maximum absolute atomic E-state index is 14.0. The number of halogens is 1. The number of benzene rings is 2. The second kappa shape index (κ2) is 6.64. The van der Waals surface area contributed by atoms with Crippen molar-refractivity contribution in [1.29, 1.82) is 0 Å². The molecule has 5 rings (SSSR count). The van der Waals surface area contributed by atoms with E-state index >= 15 is 0 Å². The normalized spacial score (nSPS) is 20.1. The number of sulfonamides is 1. The summed E-state index contributed by atoms with van der Waals surface area (Å²) in [7, 11) is -3.51. The van der Waals surface area contributed by atoms with Crippen LogP contribution in [0.2, 0.25) is 0 Å². The van der Waals surface area contributed by atoms with Crippen molar-refractivity contribution in [3.8, 4) is 11.1 Å². The zero-order valence-corrected chi connectivity index (χ0v) is 18.3. The third-order valence-corrected chi connectivity index (χ3v) is 7.19. The predicted molar refractivity (Wildman–Crippen MR) is 115 cm³/mol. The van der Waals surface area contributed by atoms with Crippen molar-refractivity contribution >= 4 is 27.0 Å². The van der Waals surface area contributed by atoms with Crippen LogP contribution in [0.3, 0.4) is 0 Å². The zero-order valence-electron chi connectivity index (χ0n) is 17.5. The highest BCUT2D eigenvalue weighted by Gasteiger charge is 2.42. The Kier molecular flexibility index (Phi) is 4.33. The lowest BCUT2D eigenvalue weighted by Gasteiger charge is -2.19. The number of fused-ring (bicyclic) bond motifs is 2. The minimum atomic E-state index is -3.51. The molecule has 2 aromatic carbocycles. The Labute approximate surface area is 180 Å². The van der Waals surface area contributed by atoms with E-state index in [0.29, 0.717) is 27.3 Å². The molecule has 0 radical (unpaired) electrons. The number of carbonyl (C=O) groups excluding carboxylic acids is 1. The van der Waals surface area contributed by atoms with Gasteiger partial charge in [0.2, 0.25) is 10.0 Å². The molecule has 1 atom stereocenters. The average Bonchev–Trinajstić information content (AvgIpc) is 3.39. The van der Waals surface area contributed by atoms with Crippen LogP contribution in [0, 0.1) is 11.7 Å². The summed E-state index contributed by atoms with van der Waals surface area (Å²) in [5, 5.41) is 0.684. The Hall–Kier alpha value is -2.71. The van der Waals surface area contributed by atoms with Crippen molar-refractivity contribution in [2.45, 2.75) is 50.2 Å². The van der Waals surface area contributed by atoms with E-state index in [4.69, 9.17) is 4.74 Å². The van der Waals surface area contributed by atoms with Gasteiger partial charge in [-0.1, -0.05) is 6.07 Å². The van der Waals surface area contributed by atoms with Crippen LogP contribution in [-0.4, -0.2) is 24.7 Å². The van der Waals surface area contributed by atoms with Gasteiger partial charge in [0.1, 0.15) is 11.4 Å². The van der Waals surface area contributed by atoms with Gasteiger partial charge in [0, 0.05) is 17.1 Å². The number of ether oxygens (including phenoxy) is 1. The molecule has 1 aliphatic heterocycles. The van der Waals surface area contributed by atoms with Crippen LogP contribution in [0.4, 0.5) is 9.18 Å². The second-order valence-corrected chi connectivity index (χ2v) is 10.9. The third-order valence-electron chi connectivity index (χ3n) is 5.68. The minimum absolute atomic E-state index is 0.225. The highest BCUT2D eigenvalue weighted by molar-refractivity contribution is 7.89. The van der Waals surface area contributed by atoms with Crippen LogP contribution < -0.4 is 4.72 Å². The molecule has 1 saturated carbocycles. The van der Waals surface area contributed by atoms with Crippen molar-refractivity contribution < 1.29 is 22.3 Å². The Morgan fingerprint density at radius 3 is 2.58 bits per heavy atom. The van der Waals surface area contributed by atoms with Crippen molar-refractivity contribution in [2.24, 2.45) is 5.92 Å². The fourth-order valence-corrected chi connectivity index (χ4v) is 5.69. The molecular weight excluding hydrogens is 419 g/mol. The van der Waals surface area contributed by atoms with Gasteiger partial charge in [-0.2, -0.15) is 0 Å². The number of rotatable bonds is 2. The van der Waals surface area contributed by atoms with Gasteiger partial charge in [-0.15, -0.1) is 0 Å². The minimum Gasteiger partial charge on any atom is -0.443 e. The number of nitrogens with one attached hydrogen (secondary N) is 1. The summed E-state index contributed by atoms with van der Waals surface area (Å²) < 4.78 is 48.6. The van der Waals surface area contributed by atoms with Crippen molar-refractivity contribution in [3.05, 3.63) is 54.0 Å². The van der Waals surface area contributed by atoms with Crippen molar-refractivity contribution in [3.63, 3.8) is 0 Å². The van der Waals surface area contributed by atoms with E-state index < -0.39 is 27.5 Å². The molecular formula is C23H23FN2O4S. The molecule has 0 spiro atoms. The third kappa shape index (κ3) is 3.53. The van der Waals surface area contributed by atoms with Crippen LogP contribution >= 0.6 is 0 Å². The first kappa shape index (κ1) is 20.2. The van der Waals surface area contributed by atoms with Gasteiger partial charge in [-0.3, -0.25) is 4.57 Å². The Bertz CT molecular complexity index is 1330. The first-order valence-corrected chi connectivity index (χ1v) is 11.7. The van der Waals surface area contributed by atoms with Gasteiger partial charge in [0.05, 0.1) is 16.5 Å². The summed E-state index contributed by atoms with van der Waals surface area (Å²) in [4.78, 5) is 13.1. The molecule has 8 heteroatoms. The first-order chi connectivity index (χ1) is 14.5. The van der Waals surface area contributed by atoms with Gasteiger partial charge < -0.3 is 4.74 Å². The summed E-state index contributed by atoms with van der Waals surface area (Å²) in [5.74, 6) is -0.150. The molecule has 0 bridgehead atoms. The molecule has 1 fully saturated rings. The Morgan fingerprint density at radius 2 is 1.90 bits per heavy atom. The fourth-order valence-electron chi connectivity index (χ4n) is 4.17. The van der Waals surface area contributed by atoms with Crippen LogP contribution in [0.1, 0.15) is 45.2 Å². The van der Waals surface area contributed by atoms with E-state index in [2.05, 4.69) is 4.72 Å². The molecule has 162 valence electrons. The molecule has 1 aromatic heterocycles.